The second kappa shape index (κ2) is 6.54. The number of allylic oxidation sites excluding steroid dienone is 4. The van der Waals surface area contributed by atoms with Crippen molar-refractivity contribution in [1.29, 1.82) is 0 Å². The van der Waals surface area contributed by atoms with Crippen LogP contribution in [0.15, 0.2) is 22.8 Å². The Hall–Kier alpha value is -2.04. The first-order valence-corrected chi connectivity index (χ1v) is 9.73. The minimum atomic E-state index is -0.831. The molecule has 5 nitrogen and oxygen atoms in total. The molecule has 3 atom stereocenters. The van der Waals surface area contributed by atoms with Gasteiger partial charge in [0.1, 0.15) is 12.4 Å². The molecule has 0 spiro atoms. The van der Waals surface area contributed by atoms with Gasteiger partial charge in [0.05, 0.1) is 5.41 Å². The third-order valence-electron chi connectivity index (χ3n) is 6.87. The Labute approximate surface area is 160 Å². The number of esters is 1. The van der Waals surface area contributed by atoms with Crippen LogP contribution in [-0.2, 0) is 23.9 Å². The summed E-state index contributed by atoms with van der Waals surface area (Å²) >= 11 is 0. The first kappa shape index (κ1) is 19.7. The Balaban J connectivity index is 2.05. The number of carbonyl (C=O) groups excluding carboxylic acids is 4. The molecule has 146 valence electrons. The van der Waals surface area contributed by atoms with Gasteiger partial charge < -0.3 is 4.74 Å². The molecule has 0 N–H and O–H groups in total. The van der Waals surface area contributed by atoms with Crippen LogP contribution in [0.25, 0.3) is 0 Å². The van der Waals surface area contributed by atoms with E-state index in [2.05, 4.69) is 0 Å². The van der Waals surface area contributed by atoms with Crippen LogP contribution in [0.5, 0.6) is 0 Å². The maximum atomic E-state index is 13.1. The molecule has 27 heavy (non-hydrogen) atoms. The Morgan fingerprint density at radius 1 is 1.22 bits per heavy atom. The zero-order valence-corrected chi connectivity index (χ0v) is 16.8. The van der Waals surface area contributed by atoms with Crippen LogP contribution >= 0.6 is 0 Å². The minimum absolute atomic E-state index is 0.00296. The molecule has 0 aromatic heterocycles. The number of Topliss-reactive ketones (excluding diaryl/α,β-unsaturated/α-hetero) is 2. The summed E-state index contributed by atoms with van der Waals surface area (Å²) in [5, 5.41) is 0. The number of hydrogen-bond donors (Lipinski definition) is 0. The largest absolute Gasteiger partial charge is 0.465 e. The number of fused-ring (bicyclic) bond motifs is 2. The van der Waals surface area contributed by atoms with Gasteiger partial charge in [0.2, 0.25) is 0 Å². The van der Waals surface area contributed by atoms with Crippen LogP contribution in [-0.4, -0.2) is 29.9 Å². The fraction of sp³-hybridized carbons (Fsp3) is 0.636. The molecule has 0 aliphatic heterocycles. The van der Waals surface area contributed by atoms with Gasteiger partial charge in [0.15, 0.2) is 11.6 Å². The standard InChI is InChI=1S/C22H28O5/c1-12(2)15-10-16(24)19-14(20(15)26)6-7-17-21(19,4)9-8-18(25)22(17,5)11-27-13(3)23/h10,12,17H,6-9,11H2,1-5H3/t17-,21+,22-/m1/s1. The summed E-state index contributed by atoms with van der Waals surface area (Å²) in [7, 11) is 0. The van der Waals surface area contributed by atoms with Crippen LogP contribution in [0.4, 0.5) is 0 Å². The lowest BCUT2D eigenvalue weighted by Gasteiger charge is -2.54. The van der Waals surface area contributed by atoms with Gasteiger partial charge in [-0.2, -0.15) is 0 Å². The van der Waals surface area contributed by atoms with Gasteiger partial charge in [0.25, 0.3) is 0 Å². The van der Waals surface area contributed by atoms with E-state index in [1.54, 1.807) is 0 Å². The summed E-state index contributed by atoms with van der Waals surface area (Å²) in [4.78, 5) is 50.2. The van der Waals surface area contributed by atoms with Crippen molar-refractivity contribution < 1.29 is 23.9 Å². The van der Waals surface area contributed by atoms with Crippen LogP contribution in [0, 0.1) is 22.7 Å². The van der Waals surface area contributed by atoms with E-state index in [1.165, 1.54) is 13.0 Å². The Kier molecular flexibility index (Phi) is 4.77. The second-order valence-corrected chi connectivity index (χ2v) is 8.93. The van der Waals surface area contributed by atoms with Crippen molar-refractivity contribution in [3.05, 3.63) is 22.8 Å². The quantitative estimate of drug-likeness (QED) is 0.561. The highest BCUT2D eigenvalue weighted by atomic mass is 16.5. The van der Waals surface area contributed by atoms with E-state index in [9.17, 15) is 19.2 Å². The molecule has 5 heteroatoms. The summed E-state index contributed by atoms with van der Waals surface area (Å²) in [6.45, 7) is 9.05. The van der Waals surface area contributed by atoms with Crippen molar-refractivity contribution in [2.24, 2.45) is 22.7 Å². The molecule has 3 rings (SSSR count). The monoisotopic (exact) mass is 372 g/mol. The normalized spacial score (nSPS) is 33.6. The van der Waals surface area contributed by atoms with Gasteiger partial charge in [-0.1, -0.05) is 20.8 Å². The molecule has 0 aromatic rings. The molecule has 3 aliphatic carbocycles. The molecular weight excluding hydrogens is 344 g/mol. The molecule has 1 fully saturated rings. The Morgan fingerprint density at radius 3 is 2.48 bits per heavy atom. The first-order valence-electron chi connectivity index (χ1n) is 9.73. The number of ether oxygens (including phenoxy) is 1. The molecule has 0 amide bonds. The second-order valence-electron chi connectivity index (χ2n) is 8.93. The number of ketones is 3. The predicted molar refractivity (Wildman–Crippen MR) is 99.8 cm³/mol. The lowest BCUT2D eigenvalue weighted by atomic mass is 9.48. The van der Waals surface area contributed by atoms with Crippen LogP contribution in [0.2, 0.25) is 0 Å². The molecular formula is C22H28O5. The van der Waals surface area contributed by atoms with Gasteiger partial charge >= 0.3 is 5.97 Å². The molecule has 1 saturated carbocycles. The SMILES string of the molecule is CC(=O)OC[C@@]1(C)C(=O)CC[C@]2(C)C3=C(CC[C@@H]12)C(=O)C(C(C)C)=CC3=O. The molecule has 0 unspecified atom stereocenters. The fourth-order valence-corrected chi connectivity index (χ4v) is 5.40. The molecule has 3 aliphatic rings. The van der Waals surface area contributed by atoms with Crippen molar-refractivity contribution in [2.75, 3.05) is 6.61 Å². The fourth-order valence-electron chi connectivity index (χ4n) is 5.40. The van der Waals surface area contributed by atoms with Gasteiger partial charge in [-0.3, -0.25) is 19.2 Å². The topological polar surface area (TPSA) is 77.5 Å². The zero-order valence-electron chi connectivity index (χ0n) is 16.8. The highest BCUT2D eigenvalue weighted by Gasteiger charge is 2.59. The average Bonchev–Trinajstić information content (AvgIpc) is 2.59. The predicted octanol–water partition coefficient (Wildman–Crippen LogP) is 3.37. The van der Waals surface area contributed by atoms with E-state index in [0.29, 0.717) is 42.4 Å². The highest BCUT2D eigenvalue weighted by Crippen LogP contribution is 2.59. The van der Waals surface area contributed by atoms with E-state index in [4.69, 9.17) is 4.74 Å². The molecule has 0 saturated heterocycles. The minimum Gasteiger partial charge on any atom is -0.465 e. The Morgan fingerprint density at radius 2 is 1.89 bits per heavy atom. The van der Waals surface area contributed by atoms with Gasteiger partial charge in [-0.25, -0.2) is 0 Å². The summed E-state index contributed by atoms with van der Waals surface area (Å²) in [5.41, 5.74) is 0.421. The van der Waals surface area contributed by atoms with Crippen molar-refractivity contribution in [1.82, 2.24) is 0 Å². The number of carbonyl (C=O) groups is 4. The number of rotatable bonds is 3. The van der Waals surface area contributed by atoms with Crippen molar-refractivity contribution >= 4 is 23.3 Å². The van der Waals surface area contributed by atoms with E-state index in [-0.39, 0.29) is 35.8 Å². The summed E-state index contributed by atoms with van der Waals surface area (Å²) in [6.07, 6.45) is 3.51. The lowest BCUT2D eigenvalue weighted by molar-refractivity contribution is -0.157. The van der Waals surface area contributed by atoms with E-state index < -0.39 is 16.8 Å². The Bertz CT molecular complexity index is 800. The van der Waals surface area contributed by atoms with E-state index >= 15 is 0 Å². The number of hydrogen-bond acceptors (Lipinski definition) is 5. The van der Waals surface area contributed by atoms with E-state index in [0.717, 1.165) is 0 Å². The third-order valence-corrected chi connectivity index (χ3v) is 6.87. The zero-order chi connectivity index (χ0) is 20.1. The van der Waals surface area contributed by atoms with Gasteiger partial charge in [0, 0.05) is 35.5 Å². The summed E-state index contributed by atoms with van der Waals surface area (Å²) in [6, 6.07) is 0. The van der Waals surface area contributed by atoms with E-state index in [1.807, 2.05) is 27.7 Å². The maximum absolute atomic E-state index is 13.1. The summed E-state index contributed by atoms with van der Waals surface area (Å²) < 4.78 is 5.24. The van der Waals surface area contributed by atoms with Crippen molar-refractivity contribution in [2.45, 2.75) is 60.3 Å². The molecule has 0 aromatic carbocycles. The lowest BCUT2D eigenvalue weighted by Crippen LogP contribution is -2.55. The first-order chi connectivity index (χ1) is 12.5. The molecule has 0 radical (unpaired) electrons. The van der Waals surface area contributed by atoms with Crippen molar-refractivity contribution in [3.8, 4) is 0 Å². The maximum Gasteiger partial charge on any atom is 0.302 e. The highest BCUT2D eigenvalue weighted by molar-refractivity contribution is 6.23. The van der Waals surface area contributed by atoms with Crippen LogP contribution in [0.3, 0.4) is 0 Å². The average molecular weight is 372 g/mol. The van der Waals surface area contributed by atoms with Gasteiger partial charge in [-0.05, 0) is 44.1 Å². The van der Waals surface area contributed by atoms with Crippen LogP contribution < -0.4 is 0 Å². The smallest absolute Gasteiger partial charge is 0.302 e. The van der Waals surface area contributed by atoms with Crippen LogP contribution in [0.1, 0.15) is 60.3 Å². The summed E-state index contributed by atoms with van der Waals surface area (Å²) in [5.74, 6) is -0.579. The molecule has 0 bridgehead atoms. The van der Waals surface area contributed by atoms with Gasteiger partial charge in [-0.15, -0.1) is 0 Å². The van der Waals surface area contributed by atoms with Crippen molar-refractivity contribution in [3.63, 3.8) is 0 Å². The third kappa shape index (κ3) is 2.91. The molecule has 0 heterocycles.